The van der Waals surface area contributed by atoms with Gasteiger partial charge in [-0.3, -0.25) is 9.48 Å². The van der Waals surface area contributed by atoms with Crippen molar-refractivity contribution in [3.05, 3.63) is 30.6 Å². The van der Waals surface area contributed by atoms with Crippen LogP contribution in [-0.4, -0.2) is 37.2 Å². The molecule has 2 N–H and O–H groups in total. The van der Waals surface area contributed by atoms with Crippen LogP contribution in [0, 0.1) is 0 Å². The van der Waals surface area contributed by atoms with E-state index in [9.17, 15) is 4.79 Å². The first-order chi connectivity index (χ1) is 8.56. The van der Waals surface area contributed by atoms with Gasteiger partial charge >= 0.3 is 0 Å². The Morgan fingerprint density at radius 3 is 2.89 bits per heavy atom. The van der Waals surface area contributed by atoms with Gasteiger partial charge in [-0.1, -0.05) is 0 Å². The van der Waals surface area contributed by atoms with Gasteiger partial charge in [-0.05, 0) is 0 Å². The number of anilines is 1. The molecule has 0 aromatic carbocycles. The highest BCUT2D eigenvalue weighted by atomic mass is 16.2. The number of nitrogens with two attached hydrogens (primary N) is 1. The molecule has 7 heteroatoms. The molecule has 0 spiro atoms. The second kappa shape index (κ2) is 4.91. The molecule has 2 aromatic heterocycles. The van der Waals surface area contributed by atoms with Crippen molar-refractivity contribution in [1.82, 2.24) is 24.2 Å². The van der Waals surface area contributed by atoms with Gasteiger partial charge in [0.05, 0.1) is 18.4 Å². The maximum atomic E-state index is 11.9. The zero-order chi connectivity index (χ0) is 13.1. The summed E-state index contributed by atoms with van der Waals surface area (Å²) in [6.07, 6.45) is 6.71. The Morgan fingerprint density at radius 2 is 2.33 bits per heavy atom. The normalized spacial score (nSPS) is 10.6. The Labute approximate surface area is 105 Å². The van der Waals surface area contributed by atoms with E-state index in [2.05, 4.69) is 10.1 Å². The predicted octanol–water partition coefficient (Wildman–Crippen LogP) is -0.143. The Hall–Kier alpha value is -2.31. The second-order valence-corrected chi connectivity index (χ2v) is 4.18. The van der Waals surface area contributed by atoms with Crippen LogP contribution in [-0.2, 0) is 24.9 Å². The summed E-state index contributed by atoms with van der Waals surface area (Å²) in [5.41, 5.74) is 6.09. The molecule has 2 rings (SSSR count). The van der Waals surface area contributed by atoms with E-state index in [4.69, 9.17) is 5.73 Å². The fourth-order valence-corrected chi connectivity index (χ4v) is 1.57. The van der Waals surface area contributed by atoms with Crippen molar-refractivity contribution in [3.8, 4) is 0 Å². The largest absolute Gasteiger partial charge is 0.396 e. The van der Waals surface area contributed by atoms with E-state index < -0.39 is 0 Å². The van der Waals surface area contributed by atoms with Crippen LogP contribution in [0.25, 0.3) is 0 Å². The first kappa shape index (κ1) is 12.2. The van der Waals surface area contributed by atoms with E-state index in [1.165, 1.54) is 10.9 Å². The molecule has 96 valence electrons. The average molecular weight is 248 g/mol. The van der Waals surface area contributed by atoms with Crippen LogP contribution in [0.2, 0.25) is 0 Å². The number of carbonyl (C=O) groups is 1. The van der Waals surface area contributed by atoms with E-state index in [0.29, 0.717) is 12.2 Å². The summed E-state index contributed by atoms with van der Waals surface area (Å²) in [4.78, 5) is 17.7. The van der Waals surface area contributed by atoms with E-state index in [1.54, 1.807) is 24.3 Å². The van der Waals surface area contributed by atoms with Crippen molar-refractivity contribution in [2.24, 2.45) is 7.05 Å². The van der Waals surface area contributed by atoms with Gasteiger partial charge in [-0.2, -0.15) is 5.10 Å². The quantitative estimate of drug-likeness (QED) is 0.816. The molecular weight excluding hydrogens is 232 g/mol. The van der Waals surface area contributed by atoms with Crippen LogP contribution in [0.1, 0.15) is 5.82 Å². The summed E-state index contributed by atoms with van der Waals surface area (Å²) in [7, 11) is 3.64. The first-order valence-corrected chi connectivity index (χ1v) is 5.54. The topological polar surface area (TPSA) is 82.0 Å². The lowest BCUT2D eigenvalue weighted by molar-refractivity contribution is -0.131. The van der Waals surface area contributed by atoms with Gasteiger partial charge in [0.1, 0.15) is 12.4 Å². The number of hydrogen-bond acceptors (Lipinski definition) is 4. The van der Waals surface area contributed by atoms with E-state index in [-0.39, 0.29) is 12.5 Å². The number of amides is 1. The van der Waals surface area contributed by atoms with Crippen molar-refractivity contribution in [2.45, 2.75) is 13.1 Å². The number of rotatable bonds is 4. The molecule has 2 aromatic rings. The predicted molar refractivity (Wildman–Crippen MR) is 66.3 cm³/mol. The van der Waals surface area contributed by atoms with Gasteiger partial charge < -0.3 is 15.2 Å². The highest BCUT2D eigenvalue weighted by molar-refractivity contribution is 5.75. The zero-order valence-corrected chi connectivity index (χ0v) is 10.4. The van der Waals surface area contributed by atoms with E-state index >= 15 is 0 Å². The minimum absolute atomic E-state index is 0.0406. The highest BCUT2D eigenvalue weighted by Crippen LogP contribution is 2.02. The zero-order valence-electron chi connectivity index (χ0n) is 10.4. The average Bonchev–Trinajstić information content (AvgIpc) is 2.89. The summed E-state index contributed by atoms with van der Waals surface area (Å²) >= 11 is 0. The van der Waals surface area contributed by atoms with Crippen LogP contribution in [0.3, 0.4) is 0 Å². The fourth-order valence-electron chi connectivity index (χ4n) is 1.57. The number of nitrogens with zero attached hydrogens (tertiary/aromatic N) is 5. The molecule has 0 unspecified atom stereocenters. The Bertz CT molecular complexity index is 543. The van der Waals surface area contributed by atoms with E-state index in [1.807, 2.05) is 17.8 Å². The Morgan fingerprint density at radius 1 is 1.56 bits per heavy atom. The maximum Gasteiger partial charge on any atom is 0.244 e. The lowest BCUT2D eigenvalue weighted by Crippen LogP contribution is -2.30. The molecule has 0 saturated carbocycles. The summed E-state index contributed by atoms with van der Waals surface area (Å²) in [5, 5.41) is 3.98. The highest BCUT2D eigenvalue weighted by Gasteiger charge is 2.12. The lowest BCUT2D eigenvalue weighted by Gasteiger charge is -2.16. The summed E-state index contributed by atoms with van der Waals surface area (Å²) in [6, 6.07) is 0. The van der Waals surface area contributed by atoms with Crippen LogP contribution in [0.5, 0.6) is 0 Å². The molecule has 0 aliphatic carbocycles. The number of aryl methyl sites for hydroxylation is 1. The third kappa shape index (κ3) is 2.68. The second-order valence-electron chi connectivity index (χ2n) is 4.18. The molecule has 0 atom stereocenters. The van der Waals surface area contributed by atoms with Gasteiger partial charge in [-0.25, -0.2) is 4.98 Å². The molecule has 0 saturated heterocycles. The van der Waals surface area contributed by atoms with Crippen molar-refractivity contribution in [2.75, 3.05) is 12.8 Å². The molecule has 0 aliphatic rings. The summed E-state index contributed by atoms with van der Waals surface area (Å²) in [6.45, 7) is 0.650. The van der Waals surface area contributed by atoms with Gasteiger partial charge in [0.15, 0.2) is 0 Å². The third-order valence-electron chi connectivity index (χ3n) is 2.68. The minimum atomic E-state index is -0.0406. The number of carbonyl (C=O) groups excluding carboxylic acids is 1. The molecule has 0 fully saturated rings. The number of aromatic nitrogens is 4. The molecule has 18 heavy (non-hydrogen) atoms. The van der Waals surface area contributed by atoms with Crippen LogP contribution in [0.15, 0.2) is 24.8 Å². The summed E-state index contributed by atoms with van der Waals surface area (Å²) < 4.78 is 3.41. The molecule has 0 radical (unpaired) electrons. The Balaban J connectivity index is 1.95. The minimum Gasteiger partial charge on any atom is -0.396 e. The molecule has 0 bridgehead atoms. The summed E-state index contributed by atoms with van der Waals surface area (Å²) in [5.74, 6) is 0.798. The van der Waals surface area contributed by atoms with E-state index in [0.717, 1.165) is 5.82 Å². The van der Waals surface area contributed by atoms with Gasteiger partial charge in [0.25, 0.3) is 0 Å². The van der Waals surface area contributed by atoms with Crippen molar-refractivity contribution < 1.29 is 4.79 Å². The van der Waals surface area contributed by atoms with Crippen LogP contribution in [0.4, 0.5) is 5.69 Å². The molecular formula is C11H16N6O. The number of hydrogen-bond donors (Lipinski definition) is 1. The van der Waals surface area contributed by atoms with Gasteiger partial charge in [0, 0.05) is 32.7 Å². The first-order valence-electron chi connectivity index (χ1n) is 5.54. The van der Waals surface area contributed by atoms with Gasteiger partial charge in [0.2, 0.25) is 5.91 Å². The molecule has 0 aliphatic heterocycles. The van der Waals surface area contributed by atoms with Crippen molar-refractivity contribution in [3.63, 3.8) is 0 Å². The Kier molecular flexibility index (Phi) is 3.31. The number of likely N-dealkylation sites (N-methyl/N-ethyl adjacent to an activating group) is 1. The standard InChI is InChI=1S/C11H16N6O/c1-15-4-3-13-10(15)7-16(2)11(18)8-17-6-9(12)5-14-17/h3-6H,7-8,12H2,1-2H3. The number of nitrogen functional groups attached to an aromatic ring is 1. The third-order valence-corrected chi connectivity index (χ3v) is 2.68. The van der Waals surface area contributed by atoms with Crippen LogP contribution >= 0.6 is 0 Å². The smallest absolute Gasteiger partial charge is 0.244 e. The molecule has 7 nitrogen and oxygen atoms in total. The molecule has 2 heterocycles. The lowest BCUT2D eigenvalue weighted by atomic mass is 10.4. The maximum absolute atomic E-state index is 11.9. The monoisotopic (exact) mass is 248 g/mol. The SMILES string of the molecule is CN(Cc1nccn1C)C(=O)Cn1cc(N)cn1. The van der Waals surface area contributed by atoms with Crippen molar-refractivity contribution in [1.29, 1.82) is 0 Å². The number of imidazole rings is 1. The molecule has 1 amide bonds. The van der Waals surface area contributed by atoms with Crippen LogP contribution < -0.4 is 5.73 Å². The van der Waals surface area contributed by atoms with Crippen molar-refractivity contribution >= 4 is 11.6 Å². The van der Waals surface area contributed by atoms with Gasteiger partial charge in [-0.15, -0.1) is 0 Å². The fraction of sp³-hybridized carbons (Fsp3) is 0.364.